The van der Waals surface area contributed by atoms with Gasteiger partial charge in [0.05, 0.1) is 5.92 Å². The number of hydrogen-bond donors (Lipinski definition) is 2. The minimum atomic E-state index is -0.312. The number of carbonyl (C=O) groups excluding carboxylic acids is 3. The standard InChI is InChI=1S/C18H18N2O4/c1-2-14-7-8-15(24-14)18(23)19-13-5-3-11(4-6-13)9-12-10-16(21)20-17(12)22/h3-8,12H,2,9-10H2,1H3,(H,19,23)(H,20,21,22)/t12-/m0/s1. The number of benzene rings is 1. The third-order valence-electron chi connectivity index (χ3n) is 3.99. The van der Waals surface area contributed by atoms with Crippen LogP contribution in [0.2, 0.25) is 0 Å². The molecule has 1 atom stereocenters. The Kier molecular flexibility index (Phi) is 4.46. The van der Waals surface area contributed by atoms with Crippen molar-refractivity contribution in [1.29, 1.82) is 0 Å². The Morgan fingerprint density at radius 1 is 1.21 bits per heavy atom. The third-order valence-corrected chi connectivity index (χ3v) is 3.99. The third kappa shape index (κ3) is 3.53. The minimum absolute atomic E-state index is 0.220. The summed E-state index contributed by atoms with van der Waals surface area (Å²) < 4.78 is 5.41. The van der Waals surface area contributed by atoms with Gasteiger partial charge >= 0.3 is 0 Å². The lowest BCUT2D eigenvalue weighted by Gasteiger charge is -2.08. The van der Waals surface area contributed by atoms with E-state index in [9.17, 15) is 14.4 Å². The van der Waals surface area contributed by atoms with E-state index >= 15 is 0 Å². The maximum atomic E-state index is 12.1. The number of anilines is 1. The van der Waals surface area contributed by atoms with Crippen LogP contribution in [0.3, 0.4) is 0 Å². The summed E-state index contributed by atoms with van der Waals surface area (Å²) in [7, 11) is 0. The second-order valence-electron chi connectivity index (χ2n) is 5.79. The predicted octanol–water partition coefficient (Wildman–Crippen LogP) is 2.30. The summed E-state index contributed by atoms with van der Waals surface area (Å²) in [6.45, 7) is 1.96. The van der Waals surface area contributed by atoms with E-state index in [2.05, 4.69) is 10.6 Å². The molecule has 0 bridgehead atoms. The first-order valence-corrected chi connectivity index (χ1v) is 7.88. The molecular weight excluding hydrogens is 308 g/mol. The molecule has 0 radical (unpaired) electrons. The molecule has 1 saturated heterocycles. The van der Waals surface area contributed by atoms with E-state index in [-0.39, 0.29) is 35.8 Å². The van der Waals surface area contributed by atoms with E-state index in [0.717, 1.165) is 17.7 Å². The molecule has 3 amide bonds. The molecule has 0 saturated carbocycles. The Hall–Kier alpha value is -2.89. The first kappa shape index (κ1) is 16.0. The van der Waals surface area contributed by atoms with Gasteiger partial charge in [-0.05, 0) is 36.2 Å². The quantitative estimate of drug-likeness (QED) is 0.825. The summed E-state index contributed by atoms with van der Waals surface area (Å²) in [4.78, 5) is 34.9. The Morgan fingerprint density at radius 3 is 2.54 bits per heavy atom. The average Bonchev–Trinajstić information content (AvgIpc) is 3.16. The zero-order chi connectivity index (χ0) is 17.1. The highest BCUT2D eigenvalue weighted by Gasteiger charge is 2.30. The number of rotatable bonds is 5. The fourth-order valence-electron chi connectivity index (χ4n) is 2.66. The molecule has 0 aliphatic carbocycles. The van der Waals surface area contributed by atoms with Crippen LogP contribution in [0.4, 0.5) is 5.69 Å². The zero-order valence-corrected chi connectivity index (χ0v) is 13.3. The molecule has 3 rings (SSSR count). The molecule has 0 unspecified atom stereocenters. The fourth-order valence-corrected chi connectivity index (χ4v) is 2.66. The molecule has 1 aromatic carbocycles. The van der Waals surface area contributed by atoms with E-state index in [1.54, 1.807) is 24.3 Å². The van der Waals surface area contributed by atoms with Crippen molar-refractivity contribution < 1.29 is 18.8 Å². The number of nitrogens with one attached hydrogen (secondary N) is 2. The Morgan fingerprint density at radius 2 is 1.96 bits per heavy atom. The summed E-state index contributed by atoms with van der Waals surface area (Å²) in [5, 5.41) is 5.07. The normalized spacial score (nSPS) is 17.0. The Balaban J connectivity index is 1.61. The number of furan rings is 1. The molecular formula is C18H18N2O4. The Labute approximate surface area is 139 Å². The van der Waals surface area contributed by atoms with Gasteiger partial charge in [-0.3, -0.25) is 19.7 Å². The van der Waals surface area contributed by atoms with Gasteiger partial charge in [-0.25, -0.2) is 0 Å². The number of carbonyl (C=O) groups is 3. The molecule has 2 heterocycles. The van der Waals surface area contributed by atoms with Crippen molar-refractivity contribution in [3.05, 3.63) is 53.5 Å². The lowest BCUT2D eigenvalue weighted by Crippen LogP contribution is -2.22. The van der Waals surface area contributed by atoms with E-state index < -0.39 is 0 Å². The summed E-state index contributed by atoms with van der Waals surface area (Å²) in [6, 6.07) is 10.7. The SMILES string of the molecule is CCc1ccc(C(=O)Nc2ccc(C[C@H]3CC(=O)NC3=O)cc2)o1. The molecule has 2 N–H and O–H groups in total. The van der Waals surface area contributed by atoms with Gasteiger partial charge in [0.2, 0.25) is 11.8 Å². The van der Waals surface area contributed by atoms with Gasteiger partial charge < -0.3 is 9.73 Å². The molecule has 124 valence electrons. The molecule has 1 aromatic heterocycles. The van der Waals surface area contributed by atoms with E-state index in [4.69, 9.17) is 4.42 Å². The van der Waals surface area contributed by atoms with Crippen molar-refractivity contribution in [2.24, 2.45) is 5.92 Å². The van der Waals surface area contributed by atoms with Crippen molar-refractivity contribution in [2.45, 2.75) is 26.2 Å². The van der Waals surface area contributed by atoms with Gasteiger partial charge in [-0.1, -0.05) is 19.1 Å². The van der Waals surface area contributed by atoms with Gasteiger partial charge in [0.25, 0.3) is 5.91 Å². The second-order valence-corrected chi connectivity index (χ2v) is 5.79. The van der Waals surface area contributed by atoms with E-state index in [1.165, 1.54) is 0 Å². The van der Waals surface area contributed by atoms with Crippen molar-refractivity contribution in [1.82, 2.24) is 5.32 Å². The average molecular weight is 326 g/mol. The highest BCUT2D eigenvalue weighted by molar-refractivity contribution is 6.03. The van der Waals surface area contributed by atoms with Gasteiger partial charge in [0, 0.05) is 18.5 Å². The maximum absolute atomic E-state index is 12.1. The predicted molar refractivity (Wildman–Crippen MR) is 87.4 cm³/mol. The summed E-state index contributed by atoms with van der Waals surface area (Å²) in [6.07, 6.45) is 1.47. The summed E-state index contributed by atoms with van der Waals surface area (Å²) in [5.74, 6) is -0.0191. The minimum Gasteiger partial charge on any atom is -0.456 e. The van der Waals surface area contributed by atoms with Crippen LogP contribution in [-0.4, -0.2) is 17.7 Å². The van der Waals surface area contributed by atoms with Crippen LogP contribution in [-0.2, 0) is 22.4 Å². The molecule has 0 spiro atoms. The molecule has 6 heteroatoms. The lowest BCUT2D eigenvalue weighted by molar-refractivity contribution is -0.125. The lowest BCUT2D eigenvalue weighted by atomic mass is 9.98. The van der Waals surface area contributed by atoms with Crippen molar-refractivity contribution >= 4 is 23.4 Å². The van der Waals surface area contributed by atoms with Gasteiger partial charge in [-0.15, -0.1) is 0 Å². The first-order chi connectivity index (χ1) is 11.5. The zero-order valence-electron chi connectivity index (χ0n) is 13.3. The van der Waals surface area contributed by atoms with E-state index in [1.807, 2.05) is 19.1 Å². The van der Waals surface area contributed by atoms with Crippen LogP contribution >= 0.6 is 0 Å². The van der Waals surface area contributed by atoms with Crippen LogP contribution in [0.15, 0.2) is 40.8 Å². The Bertz CT molecular complexity index is 777. The van der Waals surface area contributed by atoms with Crippen LogP contribution in [0.5, 0.6) is 0 Å². The number of hydrogen-bond acceptors (Lipinski definition) is 4. The van der Waals surface area contributed by atoms with Gasteiger partial charge in [0.1, 0.15) is 5.76 Å². The first-order valence-electron chi connectivity index (χ1n) is 7.88. The smallest absolute Gasteiger partial charge is 0.291 e. The topological polar surface area (TPSA) is 88.4 Å². The molecule has 1 aliphatic rings. The summed E-state index contributed by atoms with van der Waals surface area (Å²) in [5.41, 5.74) is 1.58. The van der Waals surface area contributed by atoms with Crippen molar-refractivity contribution in [3.8, 4) is 0 Å². The molecule has 24 heavy (non-hydrogen) atoms. The van der Waals surface area contributed by atoms with Crippen molar-refractivity contribution in [2.75, 3.05) is 5.32 Å². The number of aryl methyl sites for hydroxylation is 1. The highest BCUT2D eigenvalue weighted by Crippen LogP contribution is 2.19. The summed E-state index contributed by atoms with van der Waals surface area (Å²) >= 11 is 0. The largest absolute Gasteiger partial charge is 0.456 e. The fraction of sp³-hybridized carbons (Fsp3) is 0.278. The molecule has 1 aliphatic heterocycles. The number of imide groups is 1. The van der Waals surface area contributed by atoms with Crippen LogP contribution in [0.25, 0.3) is 0 Å². The number of amides is 3. The second kappa shape index (κ2) is 6.70. The van der Waals surface area contributed by atoms with Gasteiger partial charge in [-0.2, -0.15) is 0 Å². The molecule has 6 nitrogen and oxygen atoms in total. The molecule has 2 aromatic rings. The van der Waals surface area contributed by atoms with Crippen LogP contribution < -0.4 is 10.6 Å². The monoisotopic (exact) mass is 326 g/mol. The van der Waals surface area contributed by atoms with Crippen molar-refractivity contribution in [3.63, 3.8) is 0 Å². The maximum Gasteiger partial charge on any atom is 0.291 e. The van der Waals surface area contributed by atoms with E-state index in [0.29, 0.717) is 12.1 Å². The molecule has 1 fully saturated rings. The van der Waals surface area contributed by atoms with Gasteiger partial charge in [0.15, 0.2) is 5.76 Å². The van der Waals surface area contributed by atoms with Crippen LogP contribution in [0.1, 0.15) is 35.2 Å². The highest BCUT2D eigenvalue weighted by atomic mass is 16.3. The van der Waals surface area contributed by atoms with Crippen LogP contribution in [0, 0.1) is 5.92 Å².